The van der Waals surface area contributed by atoms with E-state index in [1.165, 1.54) is 30.4 Å². The van der Waals surface area contributed by atoms with Crippen molar-refractivity contribution in [1.29, 1.82) is 0 Å². The molecule has 0 bridgehead atoms. The zero-order valence-corrected chi connectivity index (χ0v) is 12.1. The van der Waals surface area contributed by atoms with E-state index in [9.17, 15) is 4.79 Å². The van der Waals surface area contributed by atoms with Crippen LogP contribution in [0.4, 0.5) is 0 Å². The summed E-state index contributed by atoms with van der Waals surface area (Å²) in [7, 11) is 0. The summed E-state index contributed by atoms with van der Waals surface area (Å²) in [6.07, 6.45) is 7.06. The number of hydrogen-bond acceptors (Lipinski definition) is 1. The molecule has 1 heteroatoms. The molecule has 0 heterocycles. The highest BCUT2D eigenvalue weighted by atomic mass is 16.1. The molecule has 0 amide bonds. The van der Waals surface area contributed by atoms with Crippen molar-refractivity contribution in [2.45, 2.75) is 52.4 Å². The minimum absolute atomic E-state index is 0.262. The Morgan fingerprint density at radius 1 is 1.00 bits per heavy atom. The minimum Gasteiger partial charge on any atom is -0.294 e. The second-order valence-corrected chi connectivity index (χ2v) is 6.82. The van der Waals surface area contributed by atoms with Crippen molar-refractivity contribution >= 4 is 5.78 Å². The lowest BCUT2D eigenvalue weighted by atomic mass is 9.74. The first-order chi connectivity index (χ1) is 9.13. The van der Waals surface area contributed by atoms with Gasteiger partial charge in [-0.3, -0.25) is 4.79 Å². The van der Waals surface area contributed by atoms with E-state index in [4.69, 9.17) is 0 Å². The van der Waals surface area contributed by atoms with E-state index >= 15 is 0 Å². The predicted octanol–water partition coefficient (Wildman–Crippen LogP) is 4.43. The van der Waals surface area contributed by atoms with E-state index < -0.39 is 0 Å². The monoisotopic (exact) mass is 256 g/mol. The van der Waals surface area contributed by atoms with E-state index in [-0.39, 0.29) is 5.92 Å². The number of Topliss-reactive ketones (excluding diaryl/α,β-unsaturated/α-hetero) is 1. The molecule has 102 valence electrons. The van der Waals surface area contributed by atoms with Crippen molar-refractivity contribution in [3.8, 4) is 0 Å². The van der Waals surface area contributed by atoms with E-state index in [2.05, 4.69) is 32.0 Å². The molecule has 1 aromatic rings. The van der Waals surface area contributed by atoms with Crippen molar-refractivity contribution in [3.63, 3.8) is 0 Å². The van der Waals surface area contributed by atoms with E-state index in [0.29, 0.717) is 17.6 Å². The van der Waals surface area contributed by atoms with Gasteiger partial charge in [-0.1, -0.05) is 26.0 Å². The number of carbonyl (C=O) groups is 1. The van der Waals surface area contributed by atoms with Crippen LogP contribution >= 0.6 is 0 Å². The molecular weight excluding hydrogens is 232 g/mol. The van der Waals surface area contributed by atoms with Crippen LogP contribution in [0, 0.1) is 17.8 Å². The maximum atomic E-state index is 12.7. The smallest absolute Gasteiger partial charge is 0.165 e. The Bertz CT molecular complexity index is 478. The first kappa shape index (κ1) is 12.9. The number of carbonyl (C=O) groups excluding carboxylic acids is 1. The highest BCUT2D eigenvalue weighted by Crippen LogP contribution is 2.35. The molecule has 1 nitrogen and oxygen atoms in total. The summed E-state index contributed by atoms with van der Waals surface area (Å²) in [6, 6.07) is 6.43. The third-order valence-corrected chi connectivity index (χ3v) is 4.93. The summed E-state index contributed by atoms with van der Waals surface area (Å²) < 4.78 is 0. The molecule has 1 saturated carbocycles. The molecule has 2 unspecified atom stereocenters. The van der Waals surface area contributed by atoms with Crippen molar-refractivity contribution in [2.75, 3.05) is 0 Å². The van der Waals surface area contributed by atoms with E-state index in [1.54, 1.807) is 0 Å². The summed E-state index contributed by atoms with van der Waals surface area (Å²) in [6.45, 7) is 4.58. The summed E-state index contributed by atoms with van der Waals surface area (Å²) in [5, 5.41) is 0. The van der Waals surface area contributed by atoms with E-state index in [1.807, 2.05) is 0 Å². The molecule has 0 aliphatic heterocycles. The predicted molar refractivity (Wildman–Crippen MR) is 78.5 cm³/mol. The third kappa shape index (κ3) is 2.61. The van der Waals surface area contributed by atoms with Crippen LogP contribution in [0.1, 0.15) is 61.0 Å². The van der Waals surface area contributed by atoms with Gasteiger partial charge < -0.3 is 0 Å². The summed E-state index contributed by atoms with van der Waals surface area (Å²) in [5.41, 5.74) is 3.84. The van der Waals surface area contributed by atoms with Crippen LogP contribution in [0.25, 0.3) is 0 Å². The summed E-state index contributed by atoms with van der Waals surface area (Å²) >= 11 is 0. The highest BCUT2D eigenvalue weighted by molar-refractivity contribution is 5.98. The molecule has 2 atom stereocenters. The first-order valence-corrected chi connectivity index (χ1v) is 7.79. The first-order valence-electron chi connectivity index (χ1n) is 7.79. The Hall–Kier alpha value is -1.11. The lowest BCUT2D eigenvalue weighted by molar-refractivity contribution is 0.0836. The van der Waals surface area contributed by atoms with Crippen LogP contribution in [-0.2, 0) is 12.8 Å². The fraction of sp³-hybridized carbons (Fsp3) is 0.611. The molecule has 3 rings (SSSR count). The average molecular weight is 256 g/mol. The van der Waals surface area contributed by atoms with Gasteiger partial charge in [-0.15, -0.1) is 0 Å². The molecule has 2 aliphatic carbocycles. The fourth-order valence-electron chi connectivity index (χ4n) is 4.12. The van der Waals surface area contributed by atoms with Gasteiger partial charge in [-0.05, 0) is 67.6 Å². The highest BCUT2D eigenvalue weighted by Gasteiger charge is 2.29. The van der Waals surface area contributed by atoms with Crippen molar-refractivity contribution in [2.24, 2.45) is 17.8 Å². The lowest BCUT2D eigenvalue weighted by Crippen LogP contribution is -2.26. The minimum atomic E-state index is 0.262. The van der Waals surface area contributed by atoms with Crippen LogP contribution in [0.5, 0.6) is 0 Å². The van der Waals surface area contributed by atoms with Crippen LogP contribution in [0.2, 0.25) is 0 Å². The number of rotatable bonds is 2. The molecule has 1 fully saturated rings. The number of ketones is 1. The molecule has 19 heavy (non-hydrogen) atoms. The Balaban J connectivity index is 1.80. The number of fused-ring (bicyclic) bond motifs is 1. The van der Waals surface area contributed by atoms with Gasteiger partial charge in [0.2, 0.25) is 0 Å². The zero-order chi connectivity index (χ0) is 13.4. The average Bonchev–Trinajstić information content (AvgIpc) is 2.83. The fourth-order valence-corrected chi connectivity index (χ4v) is 4.12. The van der Waals surface area contributed by atoms with Gasteiger partial charge in [0.25, 0.3) is 0 Å². The quantitative estimate of drug-likeness (QED) is 0.715. The molecule has 2 aliphatic rings. The van der Waals surface area contributed by atoms with Gasteiger partial charge in [0, 0.05) is 11.5 Å². The molecule has 0 aromatic heterocycles. The Morgan fingerprint density at radius 2 is 1.68 bits per heavy atom. The van der Waals surface area contributed by atoms with Crippen molar-refractivity contribution in [1.82, 2.24) is 0 Å². The number of benzene rings is 1. The van der Waals surface area contributed by atoms with Crippen LogP contribution in [0.3, 0.4) is 0 Å². The van der Waals surface area contributed by atoms with E-state index in [0.717, 1.165) is 24.8 Å². The molecule has 1 aromatic carbocycles. The molecule has 0 N–H and O–H groups in total. The van der Waals surface area contributed by atoms with Gasteiger partial charge >= 0.3 is 0 Å². The Kier molecular flexibility index (Phi) is 3.47. The number of hydrogen-bond donors (Lipinski definition) is 0. The van der Waals surface area contributed by atoms with Gasteiger partial charge in [0.15, 0.2) is 5.78 Å². The summed E-state index contributed by atoms with van der Waals surface area (Å²) in [4.78, 5) is 12.7. The largest absolute Gasteiger partial charge is 0.294 e. The molecule has 0 spiro atoms. The van der Waals surface area contributed by atoms with Gasteiger partial charge in [0.05, 0.1) is 0 Å². The van der Waals surface area contributed by atoms with Crippen molar-refractivity contribution < 1.29 is 4.79 Å². The SMILES string of the molecule is CC1CC(C)CC(C(=O)c2ccc3c(c2)CCC3)C1. The maximum Gasteiger partial charge on any atom is 0.165 e. The third-order valence-electron chi connectivity index (χ3n) is 4.93. The number of aryl methyl sites for hydroxylation is 2. The second-order valence-electron chi connectivity index (χ2n) is 6.82. The molecular formula is C18H24O. The van der Waals surface area contributed by atoms with Crippen LogP contribution in [-0.4, -0.2) is 5.78 Å². The van der Waals surface area contributed by atoms with Crippen LogP contribution in [0.15, 0.2) is 18.2 Å². The van der Waals surface area contributed by atoms with Gasteiger partial charge in [-0.2, -0.15) is 0 Å². The van der Waals surface area contributed by atoms with Gasteiger partial charge in [-0.25, -0.2) is 0 Å². The van der Waals surface area contributed by atoms with Crippen LogP contribution < -0.4 is 0 Å². The Morgan fingerprint density at radius 3 is 2.42 bits per heavy atom. The van der Waals surface area contributed by atoms with Crippen molar-refractivity contribution in [3.05, 3.63) is 34.9 Å². The maximum absolute atomic E-state index is 12.7. The Labute approximate surface area is 116 Å². The molecule has 0 radical (unpaired) electrons. The molecule has 0 saturated heterocycles. The normalized spacial score (nSPS) is 30.1. The topological polar surface area (TPSA) is 17.1 Å². The second kappa shape index (κ2) is 5.11. The lowest BCUT2D eigenvalue weighted by Gasteiger charge is -2.30. The zero-order valence-electron chi connectivity index (χ0n) is 12.1. The van der Waals surface area contributed by atoms with Gasteiger partial charge in [0.1, 0.15) is 0 Å². The standard InChI is InChI=1S/C18H24O/c1-12-8-13(2)10-17(9-12)18(19)16-7-6-14-4-3-5-15(14)11-16/h6-7,11-13,17H,3-5,8-10H2,1-2H3. The summed E-state index contributed by atoms with van der Waals surface area (Å²) in [5.74, 6) is 2.06.